The van der Waals surface area contributed by atoms with Gasteiger partial charge in [0, 0.05) is 12.6 Å². The Morgan fingerprint density at radius 1 is 1.19 bits per heavy atom. The van der Waals surface area contributed by atoms with E-state index in [1.165, 1.54) is 25.7 Å². The zero-order valence-corrected chi connectivity index (χ0v) is 11.4. The van der Waals surface area contributed by atoms with Gasteiger partial charge in [0.1, 0.15) is 0 Å². The van der Waals surface area contributed by atoms with Crippen molar-refractivity contribution >= 4 is 0 Å². The molecule has 1 rings (SSSR count). The van der Waals surface area contributed by atoms with Crippen molar-refractivity contribution in [2.45, 2.75) is 71.9 Å². The maximum absolute atomic E-state index is 9.51. The SMILES string of the molecule is CCC(O)CNC1CCC(C(C)(C)C)CC1. The summed E-state index contributed by atoms with van der Waals surface area (Å²) < 4.78 is 0. The van der Waals surface area contributed by atoms with Crippen LogP contribution in [0.2, 0.25) is 0 Å². The molecular weight excluding hydrogens is 198 g/mol. The lowest BCUT2D eigenvalue weighted by molar-refractivity contribution is 0.136. The Morgan fingerprint density at radius 3 is 2.19 bits per heavy atom. The Balaban J connectivity index is 2.22. The van der Waals surface area contributed by atoms with E-state index in [4.69, 9.17) is 0 Å². The topological polar surface area (TPSA) is 32.3 Å². The first-order chi connectivity index (χ1) is 7.43. The third kappa shape index (κ3) is 4.42. The fourth-order valence-corrected chi connectivity index (χ4v) is 2.61. The summed E-state index contributed by atoms with van der Waals surface area (Å²) >= 11 is 0. The molecule has 0 aliphatic heterocycles. The molecule has 0 amide bonds. The molecule has 0 aromatic carbocycles. The molecule has 1 atom stereocenters. The van der Waals surface area contributed by atoms with Crippen molar-refractivity contribution in [1.29, 1.82) is 0 Å². The van der Waals surface area contributed by atoms with Crippen molar-refractivity contribution in [1.82, 2.24) is 5.32 Å². The van der Waals surface area contributed by atoms with Crippen molar-refractivity contribution in [3.05, 3.63) is 0 Å². The molecule has 1 unspecified atom stereocenters. The Morgan fingerprint density at radius 2 is 1.75 bits per heavy atom. The molecule has 0 spiro atoms. The van der Waals surface area contributed by atoms with Gasteiger partial charge in [-0.25, -0.2) is 0 Å². The molecule has 2 heteroatoms. The molecule has 16 heavy (non-hydrogen) atoms. The van der Waals surface area contributed by atoms with E-state index in [1.54, 1.807) is 0 Å². The number of aliphatic hydroxyl groups excluding tert-OH is 1. The van der Waals surface area contributed by atoms with E-state index >= 15 is 0 Å². The second-order valence-corrected chi connectivity index (χ2v) is 6.38. The van der Waals surface area contributed by atoms with E-state index in [0.29, 0.717) is 11.5 Å². The molecule has 1 aliphatic carbocycles. The standard InChI is InChI=1S/C14H29NO/c1-5-13(16)10-15-12-8-6-11(7-9-12)14(2,3)4/h11-13,15-16H,5-10H2,1-4H3. The predicted molar refractivity (Wildman–Crippen MR) is 69.5 cm³/mol. The van der Waals surface area contributed by atoms with Gasteiger partial charge in [-0.15, -0.1) is 0 Å². The molecule has 1 fully saturated rings. The molecule has 1 aliphatic rings. The minimum Gasteiger partial charge on any atom is -0.392 e. The van der Waals surface area contributed by atoms with E-state index in [0.717, 1.165) is 18.9 Å². The predicted octanol–water partition coefficient (Wildman–Crippen LogP) is 2.95. The monoisotopic (exact) mass is 227 g/mol. The van der Waals surface area contributed by atoms with Gasteiger partial charge in [-0.2, -0.15) is 0 Å². The second-order valence-electron chi connectivity index (χ2n) is 6.38. The van der Waals surface area contributed by atoms with Crippen LogP contribution in [-0.4, -0.2) is 23.8 Å². The summed E-state index contributed by atoms with van der Waals surface area (Å²) in [7, 11) is 0. The number of nitrogens with one attached hydrogen (secondary N) is 1. The fourth-order valence-electron chi connectivity index (χ4n) is 2.61. The lowest BCUT2D eigenvalue weighted by Gasteiger charge is -2.37. The Bertz CT molecular complexity index is 189. The molecule has 0 aromatic heterocycles. The van der Waals surface area contributed by atoms with Gasteiger partial charge < -0.3 is 10.4 Å². The lowest BCUT2D eigenvalue weighted by Crippen LogP contribution is -2.39. The summed E-state index contributed by atoms with van der Waals surface area (Å²) in [6.45, 7) is 9.86. The summed E-state index contributed by atoms with van der Waals surface area (Å²) in [5.74, 6) is 0.877. The molecular formula is C14H29NO. The second kappa shape index (κ2) is 6.02. The van der Waals surface area contributed by atoms with E-state index < -0.39 is 0 Å². The molecule has 0 bridgehead atoms. The quantitative estimate of drug-likeness (QED) is 0.774. The van der Waals surface area contributed by atoms with E-state index in [1.807, 2.05) is 6.92 Å². The van der Waals surface area contributed by atoms with Crippen molar-refractivity contribution in [3.8, 4) is 0 Å². The molecule has 0 aromatic rings. The van der Waals surface area contributed by atoms with Crippen molar-refractivity contribution in [3.63, 3.8) is 0 Å². The molecule has 2 N–H and O–H groups in total. The van der Waals surface area contributed by atoms with Crippen LogP contribution in [0.5, 0.6) is 0 Å². The van der Waals surface area contributed by atoms with Gasteiger partial charge >= 0.3 is 0 Å². The molecule has 1 saturated carbocycles. The molecule has 96 valence electrons. The van der Waals surface area contributed by atoms with Crippen molar-refractivity contribution in [2.24, 2.45) is 11.3 Å². The summed E-state index contributed by atoms with van der Waals surface area (Å²) in [5, 5.41) is 13.0. The maximum atomic E-state index is 9.51. The minimum absolute atomic E-state index is 0.166. The van der Waals surface area contributed by atoms with Gasteiger partial charge in [-0.05, 0) is 43.4 Å². The van der Waals surface area contributed by atoms with Crippen LogP contribution in [0.15, 0.2) is 0 Å². The number of rotatable bonds is 4. The lowest BCUT2D eigenvalue weighted by atomic mass is 9.71. The highest BCUT2D eigenvalue weighted by molar-refractivity contribution is 4.83. The average molecular weight is 227 g/mol. The third-order valence-corrected chi connectivity index (χ3v) is 4.07. The largest absolute Gasteiger partial charge is 0.392 e. The first-order valence-electron chi connectivity index (χ1n) is 6.85. The van der Waals surface area contributed by atoms with Crippen LogP contribution in [0.4, 0.5) is 0 Å². The Labute approximate surface area is 101 Å². The first kappa shape index (κ1) is 14.0. The van der Waals surface area contributed by atoms with Crippen LogP contribution in [0.25, 0.3) is 0 Å². The van der Waals surface area contributed by atoms with Gasteiger partial charge in [-0.3, -0.25) is 0 Å². The van der Waals surface area contributed by atoms with Crippen molar-refractivity contribution < 1.29 is 5.11 Å². The summed E-state index contributed by atoms with van der Waals surface area (Å²) in [6.07, 6.45) is 5.91. The summed E-state index contributed by atoms with van der Waals surface area (Å²) in [4.78, 5) is 0. The molecule has 0 heterocycles. The van der Waals surface area contributed by atoms with Gasteiger partial charge in [0.05, 0.1) is 6.10 Å². The van der Waals surface area contributed by atoms with Crippen LogP contribution in [0, 0.1) is 11.3 Å². The highest BCUT2D eigenvalue weighted by Crippen LogP contribution is 2.37. The van der Waals surface area contributed by atoms with Crippen LogP contribution < -0.4 is 5.32 Å². The van der Waals surface area contributed by atoms with Crippen LogP contribution >= 0.6 is 0 Å². The normalized spacial score (nSPS) is 29.1. The number of hydrogen-bond donors (Lipinski definition) is 2. The van der Waals surface area contributed by atoms with Gasteiger partial charge in [-0.1, -0.05) is 27.7 Å². The van der Waals surface area contributed by atoms with Crippen molar-refractivity contribution in [2.75, 3.05) is 6.54 Å². The van der Waals surface area contributed by atoms with Crippen LogP contribution in [0.3, 0.4) is 0 Å². The average Bonchev–Trinajstić information content (AvgIpc) is 2.25. The highest BCUT2D eigenvalue weighted by atomic mass is 16.3. The smallest absolute Gasteiger partial charge is 0.0662 e. The first-order valence-corrected chi connectivity index (χ1v) is 6.85. The summed E-state index contributed by atoms with van der Waals surface area (Å²) in [5.41, 5.74) is 0.466. The van der Waals surface area contributed by atoms with Gasteiger partial charge in [0.2, 0.25) is 0 Å². The Kier molecular flexibility index (Phi) is 5.26. The van der Waals surface area contributed by atoms with E-state index in [9.17, 15) is 5.11 Å². The van der Waals surface area contributed by atoms with E-state index in [-0.39, 0.29) is 6.10 Å². The van der Waals surface area contributed by atoms with Crippen LogP contribution in [0.1, 0.15) is 59.8 Å². The van der Waals surface area contributed by atoms with E-state index in [2.05, 4.69) is 26.1 Å². The zero-order chi connectivity index (χ0) is 12.2. The summed E-state index contributed by atoms with van der Waals surface area (Å²) in [6, 6.07) is 0.639. The fraction of sp³-hybridized carbons (Fsp3) is 1.00. The van der Waals surface area contributed by atoms with Gasteiger partial charge in [0.25, 0.3) is 0 Å². The maximum Gasteiger partial charge on any atom is 0.0662 e. The highest BCUT2D eigenvalue weighted by Gasteiger charge is 2.29. The number of aliphatic hydroxyl groups is 1. The molecule has 0 radical (unpaired) electrons. The minimum atomic E-state index is -0.166. The zero-order valence-electron chi connectivity index (χ0n) is 11.4. The third-order valence-electron chi connectivity index (χ3n) is 4.07. The van der Waals surface area contributed by atoms with Crippen LogP contribution in [-0.2, 0) is 0 Å². The van der Waals surface area contributed by atoms with Gasteiger partial charge in [0.15, 0.2) is 0 Å². The Hall–Kier alpha value is -0.0800. The number of hydrogen-bond acceptors (Lipinski definition) is 2. The molecule has 0 saturated heterocycles. The molecule has 2 nitrogen and oxygen atoms in total.